The van der Waals surface area contributed by atoms with E-state index in [0.717, 1.165) is 24.6 Å². The van der Waals surface area contributed by atoms with Gasteiger partial charge in [0.1, 0.15) is 0 Å². The lowest BCUT2D eigenvalue weighted by Gasteiger charge is -2.15. The number of carbonyl (C=O) groups excluding carboxylic acids is 1. The van der Waals surface area contributed by atoms with Gasteiger partial charge in [-0.25, -0.2) is 0 Å². The molecule has 1 aliphatic heterocycles. The summed E-state index contributed by atoms with van der Waals surface area (Å²) >= 11 is 6.02. The van der Waals surface area contributed by atoms with Crippen molar-refractivity contribution in [1.82, 2.24) is 9.80 Å². The van der Waals surface area contributed by atoms with Crippen LogP contribution in [0.15, 0.2) is 29.3 Å². The van der Waals surface area contributed by atoms with Crippen molar-refractivity contribution in [3.8, 4) is 0 Å². The second kappa shape index (κ2) is 5.40. The second-order valence-electron chi connectivity index (χ2n) is 4.42. The summed E-state index contributed by atoms with van der Waals surface area (Å²) in [5, 5.41) is 0.610. The van der Waals surface area contributed by atoms with E-state index in [1.165, 1.54) is 0 Å². The average Bonchev–Trinajstić information content (AvgIpc) is 2.64. The van der Waals surface area contributed by atoms with E-state index < -0.39 is 0 Å². The topological polar surface area (TPSA) is 35.9 Å². The Labute approximate surface area is 112 Å². The predicted molar refractivity (Wildman–Crippen MR) is 72.9 cm³/mol. The van der Waals surface area contributed by atoms with Gasteiger partial charge in [0.15, 0.2) is 0 Å². The Balaban J connectivity index is 2.09. The molecule has 1 aromatic rings. The van der Waals surface area contributed by atoms with Gasteiger partial charge in [-0.05, 0) is 11.6 Å². The van der Waals surface area contributed by atoms with Crippen molar-refractivity contribution in [1.29, 1.82) is 0 Å². The summed E-state index contributed by atoms with van der Waals surface area (Å²) in [6.07, 6.45) is 0.241. The van der Waals surface area contributed by atoms with Gasteiger partial charge in [0.25, 0.3) is 5.91 Å². The minimum absolute atomic E-state index is 0.168. The van der Waals surface area contributed by atoms with Crippen LogP contribution in [0.4, 0.5) is 0 Å². The summed E-state index contributed by atoms with van der Waals surface area (Å²) in [5.74, 6) is 0.561. The quantitative estimate of drug-likeness (QED) is 0.816. The smallest absolute Gasteiger partial charge is 0.253 e. The minimum Gasteiger partial charge on any atom is -0.344 e. The highest BCUT2D eigenvalue weighted by atomic mass is 35.5. The molecule has 1 saturated heterocycles. The van der Waals surface area contributed by atoms with Crippen LogP contribution in [0.3, 0.4) is 0 Å². The van der Waals surface area contributed by atoms with Gasteiger partial charge in [-0.3, -0.25) is 4.79 Å². The number of carbonyl (C=O) groups is 1. The first-order chi connectivity index (χ1) is 8.58. The number of halogens is 1. The van der Waals surface area contributed by atoms with Gasteiger partial charge in [-0.2, -0.15) is 4.99 Å². The molecule has 0 aromatic heterocycles. The third-order valence-electron chi connectivity index (χ3n) is 2.98. The molecule has 0 unspecified atom stereocenters. The Morgan fingerprint density at radius 2 is 1.89 bits per heavy atom. The van der Waals surface area contributed by atoms with Gasteiger partial charge >= 0.3 is 0 Å². The number of nitrogens with zero attached hydrogens (tertiary/aromatic N) is 3. The predicted octanol–water partition coefficient (Wildman–Crippen LogP) is 1.64. The summed E-state index contributed by atoms with van der Waals surface area (Å²) in [6, 6.07) is 7.35. The highest BCUT2D eigenvalue weighted by Crippen LogP contribution is 2.16. The fourth-order valence-corrected chi connectivity index (χ4v) is 2.12. The maximum atomic E-state index is 11.9. The molecule has 4 nitrogen and oxygen atoms in total. The zero-order valence-corrected chi connectivity index (χ0v) is 11.3. The summed E-state index contributed by atoms with van der Waals surface area (Å²) in [5.41, 5.74) is 0.816. The van der Waals surface area contributed by atoms with E-state index in [9.17, 15) is 4.79 Å². The van der Waals surface area contributed by atoms with Gasteiger partial charge in [0.2, 0.25) is 5.96 Å². The highest BCUT2D eigenvalue weighted by Gasteiger charge is 2.21. The van der Waals surface area contributed by atoms with Crippen LogP contribution in [0.5, 0.6) is 0 Å². The molecule has 2 rings (SSSR count). The lowest BCUT2D eigenvalue weighted by molar-refractivity contribution is -0.117. The van der Waals surface area contributed by atoms with E-state index in [2.05, 4.69) is 4.99 Å². The molecule has 5 heteroatoms. The van der Waals surface area contributed by atoms with Gasteiger partial charge in [-0.15, -0.1) is 0 Å². The third kappa shape index (κ3) is 2.82. The van der Waals surface area contributed by atoms with Crippen LogP contribution in [-0.2, 0) is 11.2 Å². The van der Waals surface area contributed by atoms with E-state index in [0.29, 0.717) is 5.02 Å². The number of amides is 1. The third-order valence-corrected chi connectivity index (χ3v) is 3.35. The summed E-state index contributed by atoms with van der Waals surface area (Å²) in [6.45, 7) is 1.80. The van der Waals surface area contributed by atoms with E-state index >= 15 is 0 Å². The van der Waals surface area contributed by atoms with Gasteiger partial charge in [0, 0.05) is 32.2 Å². The van der Waals surface area contributed by atoms with E-state index in [4.69, 9.17) is 11.6 Å². The SMILES string of the molecule is CN1CCN(C)C1=NC(=O)Cc1ccccc1Cl. The first kappa shape index (κ1) is 12.9. The van der Waals surface area contributed by atoms with Gasteiger partial charge in [-0.1, -0.05) is 29.8 Å². The van der Waals surface area contributed by atoms with Crippen LogP contribution in [0.25, 0.3) is 0 Å². The second-order valence-corrected chi connectivity index (χ2v) is 4.82. The Bertz CT molecular complexity index is 475. The first-order valence-corrected chi connectivity index (χ1v) is 6.23. The first-order valence-electron chi connectivity index (χ1n) is 5.85. The molecule has 96 valence electrons. The van der Waals surface area contributed by atoms with Crippen molar-refractivity contribution < 1.29 is 4.79 Å². The van der Waals surface area contributed by atoms with Crippen molar-refractivity contribution >= 4 is 23.5 Å². The maximum absolute atomic E-state index is 11.9. The molecule has 1 amide bonds. The van der Waals surface area contributed by atoms with Crippen LogP contribution in [0.1, 0.15) is 5.56 Å². The number of guanidine groups is 1. The van der Waals surface area contributed by atoms with Crippen LogP contribution >= 0.6 is 11.6 Å². The van der Waals surface area contributed by atoms with Crippen molar-refractivity contribution in [2.75, 3.05) is 27.2 Å². The molecule has 1 aliphatic rings. The monoisotopic (exact) mass is 265 g/mol. The Morgan fingerprint density at radius 3 is 2.50 bits per heavy atom. The summed E-state index contributed by atoms with van der Waals surface area (Å²) in [7, 11) is 3.87. The van der Waals surface area contributed by atoms with E-state index in [1.807, 2.05) is 42.1 Å². The number of likely N-dealkylation sites (N-methyl/N-ethyl adjacent to an activating group) is 2. The molecule has 1 fully saturated rings. The molecule has 0 saturated carbocycles. The van der Waals surface area contributed by atoms with Crippen molar-refractivity contribution in [3.05, 3.63) is 34.9 Å². The number of benzene rings is 1. The number of aliphatic imine (C=N–C) groups is 1. The zero-order chi connectivity index (χ0) is 13.1. The van der Waals surface area contributed by atoms with Crippen LogP contribution in [0, 0.1) is 0 Å². The lowest BCUT2D eigenvalue weighted by atomic mass is 10.1. The van der Waals surface area contributed by atoms with Crippen molar-refractivity contribution in [2.45, 2.75) is 6.42 Å². The largest absolute Gasteiger partial charge is 0.344 e. The van der Waals surface area contributed by atoms with Crippen LogP contribution in [0.2, 0.25) is 5.02 Å². The molecule has 0 spiro atoms. The van der Waals surface area contributed by atoms with Gasteiger partial charge in [0.05, 0.1) is 6.42 Å². The number of hydrogen-bond donors (Lipinski definition) is 0. The molecule has 0 aliphatic carbocycles. The molecule has 0 N–H and O–H groups in total. The highest BCUT2D eigenvalue weighted by molar-refractivity contribution is 6.31. The lowest BCUT2D eigenvalue weighted by Crippen LogP contribution is -2.29. The van der Waals surface area contributed by atoms with E-state index in [-0.39, 0.29) is 12.3 Å². The molecule has 0 radical (unpaired) electrons. The Kier molecular flexibility index (Phi) is 3.87. The van der Waals surface area contributed by atoms with Crippen LogP contribution < -0.4 is 0 Å². The number of rotatable bonds is 2. The fraction of sp³-hybridized carbons (Fsp3) is 0.385. The average molecular weight is 266 g/mol. The van der Waals surface area contributed by atoms with Crippen LogP contribution in [-0.4, -0.2) is 48.9 Å². The Morgan fingerprint density at radius 1 is 1.28 bits per heavy atom. The fourth-order valence-electron chi connectivity index (χ4n) is 1.92. The van der Waals surface area contributed by atoms with Crippen molar-refractivity contribution in [3.63, 3.8) is 0 Å². The molecule has 0 bridgehead atoms. The standard InChI is InChI=1S/C13H16ClN3O/c1-16-7-8-17(2)13(16)15-12(18)9-10-5-3-4-6-11(10)14/h3-6H,7-9H2,1-2H3. The molecular weight excluding hydrogens is 250 g/mol. The Hall–Kier alpha value is -1.55. The van der Waals surface area contributed by atoms with Crippen molar-refractivity contribution in [2.24, 2.45) is 4.99 Å². The maximum Gasteiger partial charge on any atom is 0.253 e. The molecular formula is C13H16ClN3O. The van der Waals surface area contributed by atoms with E-state index in [1.54, 1.807) is 6.07 Å². The summed E-state index contributed by atoms with van der Waals surface area (Å²) in [4.78, 5) is 20.0. The zero-order valence-electron chi connectivity index (χ0n) is 10.6. The number of hydrogen-bond acceptors (Lipinski definition) is 1. The minimum atomic E-state index is -0.168. The molecule has 1 heterocycles. The normalized spacial score (nSPS) is 15.2. The molecule has 0 atom stereocenters. The molecule has 1 aromatic carbocycles. The van der Waals surface area contributed by atoms with Gasteiger partial charge < -0.3 is 9.80 Å². The summed E-state index contributed by atoms with van der Waals surface area (Å²) < 4.78 is 0. The molecule has 18 heavy (non-hydrogen) atoms.